The molecule has 1 aliphatic rings. The third kappa shape index (κ3) is 3.69. The van der Waals surface area contributed by atoms with Crippen molar-refractivity contribution in [2.24, 2.45) is 0 Å². The minimum absolute atomic E-state index is 0.188. The average Bonchev–Trinajstić information content (AvgIpc) is 3.39. The highest BCUT2D eigenvalue weighted by molar-refractivity contribution is 7.80. The molecule has 0 saturated carbocycles. The van der Waals surface area contributed by atoms with Crippen LogP contribution in [0.25, 0.3) is 5.69 Å². The van der Waals surface area contributed by atoms with Crippen LogP contribution in [0.15, 0.2) is 91.3 Å². The Hall–Kier alpha value is -3.22. The third-order valence-corrected chi connectivity index (χ3v) is 5.94. The molecule has 1 fully saturated rings. The Labute approximate surface area is 189 Å². The summed E-state index contributed by atoms with van der Waals surface area (Å²) >= 11 is 11.9. The first-order valence-corrected chi connectivity index (χ1v) is 10.6. The molecule has 0 spiro atoms. The van der Waals surface area contributed by atoms with Crippen molar-refractivity contribution in [3.63, 3.8) is 0 Å². The van der Waals surface area contributed by atoms with Crippen LogP contribution in [0.5, 0.6) is 0 Å². The number of anilines is 1. The highest BCUT2D eigenvalue weighted by atomic mass is 35.5. The molecule has 1 N–H and O–H groups in total. The molecular formula is C24H18ClFN4S. The summed E-state index contributed by atoms with van der Waals surface area (Å²) in [5.41, 5.74) is 3.49. The second-order valence-corrected chi connectivity index (χ2v) is 8.08. The number of hydrogen-bond acceptors (Lipinski definition) is 2. The number of thiocarbonyl (C=S) groups is 1. The first kappa shape index (κ1) is 19.7. The lowest BCUT2D eigenvalue weighted by molar-refractivity contribution is 0.549. The van der Waals surface area contributed by atoms with Gasteiger partial charge in [0, 0.05) is 34.5 Å². The molecule has 1 aliphatic heterocycles. The number of nitrogens with one attached hydrogen (secondary N) is 1. The Bertz CT molecular complexity index is 1230. The first-order valence-electron chi connectivity index (χ1n) is 9.81. The molecule has 0 aliphatic carbocycles. The Morgan fingerprint density at radius 3 is 2.52 bits per heavy atom. The van der Waals surface area contributed by atoms with Gasteiger partial charge in [0.2, 0.25) is 0 Å². The summed E-state index contributed by atoms with van der Waals surface area (Å²) in [7, 11) is 0. The molecule has 0 amide bonds. The van der Waals surface area contributed by atoms with Crippen molar-refractivity contribution >= 4 is 34.6 Å². The van der Waals surface area contributed by atoms with Gasteiger partial charge in [-0.2, -0.15) is 0 Å². The summed E-state index contributed by atoms with van der Waals surface area (Å²) < 4.78 is 16.0. The molecule has 0 radical (unpaired) electrons. The molecule has 1 saturated heterocycles. The van der Waals surface area contributed by atoms with Gasteiger partial charge in [-0.05, 0) is 78.9 Å². The molecule has 2 aromatic heterocycles. The SMILES string of the molecule is Fc1cccc(-n2cccc2[C@H]2[C@@H](c3ccccn3)NC(=S)N2c2ccc(Cl)cc2)c1. The Balaban J connectivity index is 1.67. The van der Waals surface area contributed by atoms with Crippen molar-refractivity contribution < 1.29 is 4.39 Å². The van der Waals surface area contributed by atoms with Crippen LogP contribution in [-0.4, -0.2) is 14.7 Å². The van der Waals surface area contributed by atoms with E-state index in [1.165, 1.54) is 12.1 Å². The lowest BCUT2D eigenvalue weighted by Crippen LogP contribution is -2.30. The van der Waals surface area contributed by atoms with Crippen LogP contribution in [0, 0.1) is 5.82 Å². The molecule has 5 rings (SSSR count). The van der Waals surface area contributed by atoms with Crippen LogP contribution in [0.2, 0.25) is 5.02 Å². The van der Waals surface area contributed by atoms with Crippen molar-refractivity contribution in [3.8, 4) is 5.69 Å². The molecule has 2 aromatic carbocycles. The standard InChI is InChI=1S/C24H18ClFN4S/c25-16-9-11-18(12-10-16)30-23(22(28-24(30)31)20-7-1-2-13-27-20)21-8-4-14-29(21)19-6-3-5-17(26)15-19/h1-15,22-23H,(H,28,31)/t22-,23+/m1/s1. The van der Waals surface area contributed by atoms with Crippen LogP contribution in [-0.2, 0) is 0 Å². The fraction of sp³-hybridized carbons (Fsp3) is 0.0833. The zero-order valence-corrected chi connectivity index (χ0v) is 17.9. The maximum Gasteiger partial charge on any atom is 0.174 e. The lowest BCUT2D eigenvalue weighted by Gasteiger charge is -2.29. The average molecular weight is 449 g/mol. The van der Waals surface area contributed by atoms with Crippen molar-refractivity contribution in [1.82, 2.24) is 14.9 Å². The molecule has 4 aromatic rings. The summed E-state index contributed by atoms with van der Waals surface area (Å²) in [6.07, 6.45) is 3.70. The van der Waals surface area contributed by atoms with Crippen molar-refractivity contribution in [3.05, 3.63) is 113 Å². The van der Waals surface area contributed by atoms with E-state index in [1.807, 2.05) is 71.4 Å². The highest BCUT2D eigenvalue weighted by Crippen LogP contribution is 2.42. The summed E-state index contributed by atoms with van der Waals surface area (Å²) in [6, 6.07) is 23.5. The number of pyridine rings is 1. The summed E-state index contributed by atoms with van der Waals surface area (Å²) in [6.45, 7) is 0. The number of rotatable bonds is 4. The van der Waals surface area contributed by atoms with E-state index in [4.69, 9.17) is 23.8 Å². The zero-order valence-electron chi connectivity index (χ0n) is 16.3. The minimum Gasteiger partial charge on any atom is -0.351 e. The van der Waals surface area contributed by atoms with Gasteiger partial charge in [0.1, 0.15) is 11.9 Å². The fourth-order valence-corrected chi connectivity index (χ4v) is 4.50. The largest absolute Gasteiger partial charge is 0.351 e. The van der Waals surface area contributed by atoms with Gasteiger partial charge in [0.05, 0.1) is 11.7 Å². The van der Waals surface area contributed by atoms with E-state index in [0.717, 1.165) is 22.8 Å². The van der Waals surface area contributed by atoms with Crippen LogP contribution >= 0.6 is 23.8 Å². The molecule has 0 bridgehead atoms. The number of halogens is 2. The zero-order chi connectivity index (χ0) is 21.4. The highest BCUT2D eigenvalue weighted by Gasteiger charge is 2.42. The van der Waals surface area contributed by atoms with Gasteiger partial charge in [-0.15, -0.1) is 0 Å². The van der Waals surface area contributed by atoms with Crippen molar-refractivity contribution in [2.75, 3.05) is 4.90 Å². The molecule has 7 heteroatoms. The van der Waals surface area contributed by atoms with Gasteiger partial charge in [0.25, 0.3) is 0 Å². The fourth-order valence-electron chi connectivity index (χ4n) is 4.03. The summed E-state index contributed by atoms with van der Waals surface area (Å²) in [4.78, 5) is 6.64. The van der Waals surface area contributed by atoms with Crippen LogP contribution < -0.4 is 10.2 Å². The molecule has 4 nitrogen and oxygen atoms in total. The number of aromatic nitrogens is 2. The van der Waals surface area contributed by atoms with Gasteiger partial charge in [-0.1, -0.05) is 23.7 Å². The predicted molar refractivity (Wildman–Crippen MR) is 125 cm³/mol. The first-order chi connectivity index (χ1) is 15.1. The summed E-state index contributed by atoms with van der Waals surface area (Å²) in [5, 5.41) is 4.68. The van der Waals surface area contributed by atoms with Crippen molar-refractivity contribution in [2.45, 2.75) is 12.1 Å². The van der Waals surface area contributed by atoms with E-state index in [1.54, 1.807) is 12.3 Å². The van der Waals surface area contributed by atoms with Gasteiger partial charge in [0.15, 0.2) is 5.11 Å². The van der Waals surface area contributed by atoms with Crippen LogP contribution in [0.4, 0.5) is 10.1 Å². The molecule has 0 unspecified atom stereocenters. The van der Waals surface area contributed by atoms with E-state index in [-0.39, 0.29) is 17.9 Å². The van der Waals surface area contributed by atoms with Crippen LogP contribution in [0.3, 0.4) is 0 Å². The Kier molecular flexibility index (Phi) is 5.18. The molecular weight excluding hydrogens is 431 g/mol. The second kappa shape index (κ2) is 8.13. The van der Waals surface area contributed by atoms with Gasteiger partial charge in [-0.3, -0.25) is 4.98 Å². The normalized spacial score (nSPS) is 18.3. The monoisotopic (exact) mass is 448 g/mol. The number of benzene rings is 2. The van der Waals surface area contributed by atoms with E-state index < -0.39 is 0 Å². The Morgan fingerprint density at radius 2 is 1.77 bits per heavy atom. The quantitative estimate of drug-likeness (QED) is 0.397. The smallest absolute Gasteiger partial charge is 0.174 e. The molecule has 3 heterocycles. The van der Waals surface area contributed by atoms with Crippen molar-refractivity contribution in [1.29, 1.82) is 0 Å². The van der Waals surface area contributed by atoms with E-state index in [2.05, 4.69) is 15.2 Å². The third-order valence-electron chi connectivity index (χ3n) is 5.37. The second-order valence-electron chi connectivity index (χ2n) is 7.26. The lowest BCUT2D eigenvalue weighted by atomic mass is 10.0. The molecule has 31 heavy (non-hydrogen) atoms. The Morgan fingerprint density at radius 1 is 0.935 bits per heavy atom. The van der Waals surface area contributed by atoms with E-state index in [0.29, 0.717) is 10.1 Å². The maximum absolute atomic E-state index is 14.0. The van der Waals surface area contributed by atoms with Gasteiger partial charge < -0.3 is 14.8 Å². The maximum atomic E-state index is 14.0. The van der Waals surface area contributed by atoms with Crippen LogP contribution in [0.1, 0.15) is 23.5 Å². The van der Waals surface area contributed by atoms with E-state index >= 15 is 0 Å². The number of hydrogen-bond donors (Lipinski definition) is 1. The van der Waals surface area contributed by atoms with E-state index in [9.17, 15) is 4.39 Å². The minimum atomic E-state index is -0.284. The number of nitrogens with zero attached hydrogens (tertiary/aromatic N) is 3. The topological polar surface area (TPSA) is 33.1 Å². The predicted octanol–water partition coefficient (Wildman–Crippen LogP) is 5.84. The van der Waals surface area contributed by atoms with Gasteiger partial charge in [-0.25, -0.2) is 4.39 Å². The molecule has 2 atom stereocenters. The van der Waals surface area contributed by atoms with Gasteiger partial charge >= 0.3 is 0 Å². The summed E-state index contributed by atoms with van der Waals surface area (Å²) in [5.74, 6) is -0.284. The molecule has 154 valence electrons.